The Morgan fingerprint density at radius 3 is 2.85 bits per heavy atom. The molecule has 6 nitrogen and oxygen atoms in total. The molecule has 6 heteroatoms. The van der Waals surface area contributed by atoms with E-state index in [0.717, 1.165) is 19.4 Å². The van der Waals surface area contributed by atoms with E-state index in [9.17, 15) is 14.7 Å². The van der Waals surface area contributed by atoms with Crippen LogP contribution in [-0.4, -0.2) is 47.6 Å². The summed E-state index contributed by atoms with van der Waals surface area (Å²) in [6.45, 7) is 1.50. The molecule has 0 aromatic heterocycles. The molecule has 108 valence electrons. The van der Waals surface area contributed by atoms with Crippen molar-refractivity contribution < 1.29 is 14.7 Å². The number of nitrogens with two attached hydrogens (primary N) is 1. The normalized spacial score (nSPS) is 19.6. The maximum atomic E-state index is 12.0. The average molecular weight is 277 g/mol. The number of anilines is 1. The largest absolute Gasteiger partial charge is 0.392 e. The van der Waals surface area contributed by atoms with Crippen molar-refractivity contribution in [1.82, 2.24) is 4.90 Å². The van der Waals surface area contributed by atoms with Crippen LogP contribution in [0.5, 0.6) is 0 Å². The van der Waals surface area contributed by atoms with Crippen LogP contribution >= 0.6 is 0 Å². The summed E-state index contributed by atoms with van der Waals surface area (Å²) in [4.78, 5) is 25.1. The quantitative estimate of drug-likeness (QED) is 0.731. The molecule has 1 saturated heterocycles. The van der Waals surface area contributed by atoms with Crippen molar-refractivity contribution in [2.45, 2.75) is 18.9 Å². The highest BCUT2D eigenvalue weighted by molar-refractivity contribution is 6.03. The van der Waals surface area contributed by atoms with Crippen molar-refractivity contribution in [2.75, 3.05) is 25.0 Å². The summed E-state index contributed by atoms with van der Waals surface area (Å²) in [7, 11) is 0. The first-order valence-corrected chi connectivity index (χ1v) is 6.65. The molecule has 0 bridgehead atoms. The Kier molecular flexibility index (Phi) is 4.70. The zero-order chi connectivity index (χ0) is 14.5. The number of benzene rings is 1. The smallest absolute Gasteiger partial charge is 0.250 e. The number of para-hydroxylation sites is 1. The fourth-order valence-electron chi connectivity index (χ4n) is 2.37. The maximum absolute atomic E-state index is 12.0. The van der Waals surface area contributed by atoms with Gasteiger partial charge >= 0.3 is 0 Å². The van der Waals surface area contributed by atoms with E-state index in [1.807, 2.05) is 4.90 Å². The van der Waals surface area contributed by atoms with E-state index in [4.69, 9.17) is 5.73 Å². The molecule has 0 radical (unpaired) electrons. The highest BCUT2D eigenvalue weighted by atomic mass is 16.3. The molecule has 0 spiro atoms. The molecule has 2 amide bonds. The third kappa shape index (κ3) is 3.79. The minimum atomic E-state index is -0.575. The fourth-order valence-corrected chi connectivity index (χ4v) is 2.37. The lowest BCUT2D eigenvalue weighted by Gasteiger charge is -2.29. The summed E-state index contributed by atoms with van der Waals surface area (Å²) in [5.74, 6) is -0.790. The molecule has 0 saturated carbocycles. The monoisotopic (exact) mass is 277 g/mol. The fraction of sp³-hybridized carbons (Fsp3) is 0.429. The first-order chi connectivity index (χ1) is 9.56. The Balaban J connectivity index is 1.96. The molecule has 0 unspecified atom stereocenters. The predicted molar refractivity (Wildman–Crippen MR) is 75.3 cm³/mol. The maximum Gasteiger partial charge on any atom is 0.250 e. The van der Waals surface area contributed by atoms with Crippen molar-refractivity contribution in [1.29, 1.82) is 0 Å². The molecular formula is C14H19N3O3. The van der Waals surface area contributed by atoms with Crippen LogP contribution in [0.3, 0.4) is 0 Å². The molecule has 0 aliphatic carbocycles. The molecule has 1 atom stereocenters. The zero-order valence-electron chi connectivity index (χ0n) is 11.2. The van der Waals surface area contributed by atoms with Gasteiger partial charge in [-0.2, -0.15) is 0 Å². The summed E-state index contributed by atoms with van der Waals surface area (Å²) in [5, 5.41) is 12.3. The number of piperidine rings is 1. The number of carbonyl (C=O) groups excluding carboxylic acids is 2. The molecule has 2 rings (SSSR count). The number of nitrogens with one attached hydrogen (secondary N) is 1. The molecule has 1 aromatic rings. The van der Waals surface area contributed by atoms with Crippen molar-refractivity contribution in [3.8, 4) is 0 Å². The second-order valence-corrected chi connectivity index (χ2v) is 4.99. The highest BCUT2D eigenvalue weighted by Gasteiger charge is 2.20. The van der Waals surface area contributed by atoms with E-state index in [0.29, 0.717) is 17.8 Å². The van der Waals surface area contributed by atoms with Gasteiger partial charge in [0.25, 0.3) is 5.91 Å². The van der Waals surface area contributed by atoms with Gasteiger partial charge in [-0.25, -0.2) is 0 Å². The third-order valence-electron chi connectivity index (χ3n) is 3.31. The number of rotatable bonds is 4. The van der Waals surface area contributed by atoms with Gasteiger partial charge < -0.3 is 16.2 Å². The number of likely N-dealkylation sites (tertiary alicyclic amines) is 1. The minimum absolute atomic E-state index is 0.199. The summed E-state index contributed by atoms with van der Waals surface area (Å²) < 4.78 is 0. The Hall–Kier alpha value is -1.92. The van der Waals surface area contributed by atoms with E-state index >= 15 is 0 Å². The van der Waals surface area contributed by atoms with Gasteiger partial charge in [0.2, 0.25) is 5.91 Å². The van der Waals surface area contributed by atoms with Crippen LogP contribution in [-0.2, 0) is 4.79 Å². The standard InChI is InChI=1S/C14H19N3O3/c15-14(20)11-5-1-2-6-12(11)16-13(19)9-17-7-3-4-10(18)8-17/h1-2,5-6,10,18H,3-4,7-9H2,(H2,15,20)(H,16,19)/t10-/m0/s1. The molecule has 1 aliphatic rings. The minimum Gasteiger partial charge on any atom is -0.392 e. The van der Waals surface area contributed by atoms with E-state index < -0.39 is 5.91 Å². The predicted octanol–water partition coefficient (Wildman–Crippen LogP) is 0.181. The van der Waals surface area contributed by atoms with Gasteiger partial charge in [-0.05, 0) is 31.5 Å². The Labute approximate surface area is 117 Å². The molecular weight excluding hydrogens is 258 g/mol. The number of carbonyl (C=O) groups is 2. The first kappa shape index (κ1) is 14.5. The van der Waals surface area contributed by atoms with Gasteiger partial charge in [-0.15, -0.1) is 0 Å². The van der Waals surface area contributed by atoms with Gasteiger partial charge in [-0.1, -0.05) is 12.1 Å². The topological polar surface area (TPSA) is 95.7 Å². The summed E-state index contributed by atoms with van der Waals surface area (Å²) in [5.41, 5.74) is 5.97. The van der Waals surface area contributed by atoms with Crippen LogP contribution in [0.1, 0.15) is 23.2 Å². The lowest BCUT2D eigenvalue weighted by Crippen LogP contribution is -2.42. The molecule has 1 heterocycles. The van der Waals surface area contributed by atoms with Gasteiger partial charge in [0, 0.05) is 6.54 Å². The van der Waals surface area contributed by atoms with Crippen molar-refractivity contribution in [2.24, 2.45) is 5.73 Å². The number of aliphatic hydroxyl groups is 1. The number of aliphatic hydroxyl groups excluding tert-OH is 1. The number of hydrogen-bond acceptors (Lipinski definition) is 4. The molecule has 20 heavy (non-hydrogen) atoms. The number of primary amides is 1. The van der Waals surface area contributed by atoms with E-state index in [1.54, 1.807) is 24.3 Å². The van der Waals surface area contributed by atoms with Crippen LogP contribution in [0.4, 0.5) is 5.69 Å². The highest BCUT2D eigenvalue weighted by Crippen LogP contribution is 2.15. The SMILES string of the molecule is NC(=O)c1ccccc1NC(=O)CN1CCC[C@H](O)C1. The van der Waals surface area contributed by atoms with Gasteiger partial charge in [-0.3, -0.25) is 14.5 Å². The second kappa shape index (κ2) is 6.49. The summed E-state index contributed by atoms with van der Waals surface area (Å²) >= 11 is 0. The van der Waals surface area contributed by atoms with E-state index in [-0.39, 0.29) is 18.6 Å². The lowest BCUT2D eigenvalue weighted by molar-refractivity contribution is -0.118. The van der Waals surface area contributed by atoms with Crippen molar-refractivity contribution in [3.05, 3.63) is 29.8 Å². The molecule has 1 aliphatic heterocycles. The molecule has 1 aromatic carbocycles. The summed E-state index contributed by atoms with van der Waals surface area (Å²) in [6, 6.07) is 6.63. The Morgan fingerprint density at radius 1 is 1.40 bits per heavy atom. The van der Waals surface area contributed by atoms with Crippen LogP contribution in [0.25, 0.3) is 0 Å². The lowest BCUT2D eigenvalue weighted by atomic mass is 10.1. The number of nitrogens with zero attached hydrogens (tertiary/aromatic N) is 1. The van der Waals surface area contributed by atoms with Crippen LogP contribution in [0, 0.1) is 0 Å². The van der Waals surface area contributed by atoms with Crippen LogP contribution in [0.2, 0.25) is 0 Å². The zero-order valence-corrected chi connectivity index (χ0v) is 11.2. The Bertz CT molecular complexity index is 504. The third-order valence-corrected chi connectivity index (χ3v) is 3.31. The van der Waals surface area contributed by atoms with Crippen molar-refractivity contribution >= 4 is 17.5 Å². The van der Waals surface area contributed by atoms with Crippen LogP contribution in [0.15, 0.2) is 24.3 Å². The summed E-state index contributed by atoms with van der Waals surface area (Å²) in [6.07, 6.45) is 1.30. The number of β-amino-alcohol motifs (C(OH)–C–C–N with tert-alkyl or cyclic N) is 1. The van der Waals surface area contributed by atoms with Crippen LogP contribution < -0.4 is 11.1 Å². The average Bonchev–Trinajstić information content (AvgIpc) is 2.38. The first-order valence-electron chi connectivity index (χ1n) is 6.65. The van der Waals surface area contributed by atoms with E-state index in [2.05, 4.69) is 5.32 Å². The van der Waals surface area contributed by atoms with Gasteiger partial charge in [0.05, 0.1) is 23.9 Å². The van der Waals surface area contributed by atoms with Gasteiger partial charge in [0.15, 0.2) is 0 Å². The van der Waals surface area contributed by atoms with Crippen molar-refractivity contribution in [3.63, 3.8) is 0 Å². The van der Waals surface area contributed by atoms with Gasteiger partial charge in [0.1, 0.15) is 0 Å². The number of amides is 2. The number of hydrogen-bond donors (Lipinski definition) is 3. The second-order valence-electron chi connectivity index (χ2n) is 4.99. The van der Waals surface area contributed by atoms with E-state index in [1.165, 1.54) is 0 Å². The molecule has 4 N–H and O–H groups in total. The molecule has 1 fully saturated rings. The Morgan fingerprint density at radius 2 is 2.15 bits per heavy atom.